The summed E-state index contributed by atoms with van der Waals surface area (Å²) in [5, 5.41) is 8.36. The van der Waals surface area contributed by atoms with Crippen LogP contribution < -0.4 is 0 Å². The number of ketones is 1. The van der Waals surface area contributed by atoms with Gasteiger partial charge in [0.05, 0.1) is 11.3 Å². The number of carbonyl (C=O) groups excluding carboxylic acids is 1. The smallest absolute Gasteiger partial charge is 0.155 e. The van der Waals surface area contributed by atoms with Gasteiger partial charge in [0.15, 0.2) is 11.4 Å². The van der Waals surface area contributed by atoms with Crippen molar-refractivity contribution in [3.8, 4) is 22.6 Å². The number of nitrogens with zero attached hydrogens (tertiary/aromatic N) is 1. The Morgan fingerprint density at radius 2 is 1.78 bits per heavy atom. The van der Waals surface area contributed by atoms with Crippen molar-refractivity contribution in [3.63, 3.8) is 0 Å². The molecule has 0 saturated carbocycles. The molecule has 167 valence electrons. The summed E-state index contributed by atoms with van der Waals surface area (Å²) >= 11 is 0. The van der Waals surface area contributed by atoms with Crippen molar-refractivity contribution in [1.82, 2.24) is 4.98 Å². The molecule has 2 heterocycles. The van der Waals surface area contributed by atoms with Crippen LogP contribution in [0.15, 0.2) is 83.0 Å². The van der Waals surface area contributed by atoms with Crippen LogP contribution in [0.4, 0.5) is 0 Å². The van der Waals surface area contributed by atoms with Gasteiger partial charge >= 0.3 is 0 Å². The summed E-state index contributed by atoms with van der Waals surface area (Å²) in [6.45, 7) is 7.24. The average Bonchev–Trinajstić information content (AvgIpc) is 3.17. The van der Waals surface area contributed by atoms with E-state index in [9.17, 15) is 4.79 Å². The number of pyridine rings is 1. The summed E-state index contributed by atoms with van der Waals surface area (Å²) in [7, 11) is 0. The molecule has 0 aliphatic carbocycles. The first-order chi connectivity index (χ1) is 14.8. The zero-order chi connectivity index (χ0) is 22.4. The Bertz CT molecular complexity index is 1190. The Morgan fingerprint density at radius 3 is 2.31 bits per heavy atom. The van der Waals surface area contributed by atoms with Crippen molar-refractivity contribution in [1.29, 1.82) is 0 Å². The van der Waals surface area contributed by atoms with Gasteiger partial charge in [0, 0.05) is 37.8 Å². The Morgan fingerprint density at radius 1 is 1.06 bits per heavy atom. The molecule has 0 aliphatic rings. The van der Waals surface area contributed by atoms with E-state index in [1.54, 1.807) is 0 Å². The summed E-state index contributed by atoms with van der Waals surface area (Å²) < 4.78 is 5.97. The Balaban J connectivity index is 0.000000398. The van der Waals surface area contributed by atoms with Crippen LogP contribution in [0.5, 0.6) is 0 Å². The van der Waals surface area contributed by atoms with Gasteiger partial charge in [-0.1, -0.05) is 44.2 Å². The van der Waals surface area contributed by atoms with Crippen LogP contribution in [0.2, 0.25) is 0 Å². The van der Waals surface area contributed by atoms with E-state index in [4.69, 9.17) is 14.5 Å². The van der Waals surface area contributed by atoms with Gasteiger partial charge in [-0.2, -0.15) is 0 Å². The van der Waals surface area contributed by atoms with Crippen molar-refractivity contribution in [2.75, 3.05) is 0 Å². The molecule has 0 unspecified atom stereocenters. The third kappa shape index (κ3) is 6.74. The number of hydrogen-bond donors (Lipinski definition) is 1. The minimum Gasteiger partial charge on any atom is -0.512 e. The van der Waals surface area contributed by atoms with Gasteiger partial charge in [-0.3, -0.25) is 9.78 Å². The minimum absolute atomic E-state index is 0. The molecule has 0 atom stereocenters. The zero-order valence-corrected chi connectivity index (χ0v) is 20.9. The Kier molecular flexibility index (Phi) is 9.13. The van der Waals surface area contributed by atoms with E-state index in [2.05, 4.69) is 44.2 Å². The number of hydrogen-bond acceptors (Lipinski definition) is 4. The second kappa shape index (κ2) is 11.6. The number of furan rings is 1. The SMILES string of the molecule is CC(=O)/C=C(/C)O.CC(C)c1ccc(-c2cc3nc(-c4[c-]cccc4)ccc3o2)cc1.[Ir]. The predicted molar refractivity (Wildman–Crippen MR) is 125 cm³/mol. The van der Waals surface area contributed by atoms with Gasteiger partial charge in [0.1, 0.15) is 5.76 Å². The summed E-state index contributed by atoms with van der Waals surface area (Å²) in [5.74, 6) is 1.32. The molecule has 32 heavy (non-hydrogen) atoms. The maximum atomic E-state index is 10.0. The quantitative estimate of drug-likeness (QED) is 0.153. The average molecular weight is 605 g/mol. The molecule has 0 bridgehead atoms. The molecule has 4 nitrogen and oxygen atoms in total. The molecule has 4 rings (SSSR count). The van der Waals surface area contributed by atoms with Crippen molar-refractivity contribution < 1.29 is 34.4 Å². The van der Waals surface area contributed by atoms with Gasteiger partial charge in [0.2, 0.25) is 0 Å². The molecule has 2 aromatic carbocycles. The van der Waals surface area contributed by atoms with Crippen LogP contribution in [0.3, 0.4) is 0 Å². The second-order valence-electron chi connectivity index (χ2n) is 7.64. The van der Waals surface area contributed by atoms with Crippen molar-refractivity contribution in [3.05, 3.63) is 90.2 Å². The van der Waals surface area contributed by atoms with Crippen molar-refractivity contribution in [2.24, 2.45) is 0 Å². The molecule has 2 aromatic heterocycles. The first-order valence-corrected chi connectivity index (χ1v) is 10.2. The number of fused-ring (bicyclic) bond motifs is 1. The van der Waals surface area contributed by atoms with E-state index >= 15 is 0 Å². The molecule has 1 N–H and O–H groups in total. The standard InChI is InChI=1S/C22H18NO.C5H8O2.Ir/c1-15(2)16-8-10-18(11-9-16)22-14-20-21(24-22)13-12-19(23-20)17-6-4-3-5-7-17;1-4(6)3-5(2)7;/h3-6,8-15H,1-2H3;3,6H,1-2H3;/q-1;;/b;4-3-;. The van der Waals surface area contributed by atoms with Gasteiger partial charge < -0.3 is 9.52 Å². The predicted octanol–water partition coefficient (Wildman–Crippen LogP) is 7.12. The van der Waals surface area contributed by atoms with Crippen LogP contribution in [-0.4, -0.2) is 15.9 Å². The largest absolute Gasteiger partial charge is 0.512 e. The fraction of sp³-hybridized carbons (Fsp3) is 0.185. The van der Waals surface area contributed by atoms with E-state index in [0.717, 1.165) is 33.7 Å². The second-order valence-corrected chi connectivity index (χ2v) is 7.64. The van der Waals surface area contributed by atoms with Gasteiger partial charge in [0.25, 0.3) is 0 Å². The van der Waals surface area contributed by atoms with E-state index < -0.39 is 0 Å². The number of carbonyl (C=O) groups is 1. The third-order valence-corrected chi connectivity index (χ3v) is 4.63. The van der Waals surface area contributed by atoms with Crippen LogP contribution in [0, 0.1) is 6.07 Å². The Hall–Kier alpha value is -3.01. The number of aromatic nitrogens is 1. The van der Waals surface area contributed by atoms with E-state index in [0.29, 0.717) is 5.92 Å². The number of aliphatic hydroxyl groups excluding tert-OH is 1. The molecular formula is C27H26IrNO3-. The molecule has 0 aliphatic heterocycles. The van der Waals surface area contributed by atoms with Crippen molar-refractivity contribution >= 4 is 16.9 Å². The Labute approximate surface area is 202 Å². The van der Waals surface area contributed by atoms with E-state index in [1.165, 1.54) is 25.5 Å². The van der Waals surface area contributed by atoms with Crippen LogP contribution >= 0.6 is 0 Å². The fourth-order valence-electron chi connectivity index (χ4n) is 3.10. The molecular weight excluding hydrogens is 579 g/mol. The van der Waals surface area contributed by atoms with Gasteiger partial charge in [-0.15, -0.1) is 35.9 Å². The topological polar surface area (TPSA) is 63.3 Å². The molecule has 5 heteroatoms. The molecule has 0 fully saturated rings. The molecule has 1 radical (unpaired) electrons. The maximum Gasteiger partial charge on any atom is 0.155 e. The van der Waals surface area contributed by atoms with Crippen LogP contribution in [0.25, 0.3) is 33.7 Å². The summed E-state index contributed by atoms with van der Waals surface area (Å²) in [4.78, 5) is 14.7. The fourth-order valence-corrected chi connectivity index (χ4v) is 3.10. The molecule has 0 saturated heterocycles. The molecule has 0 amide bonds. The molecule has 4 aromatic rings. The summed E-state index contributed by atoms with van der Waals surface area (Å²) in [5.41, 5.74) is 5.97. The summed E-state index contributed by atoms with van der Waals surface area (Å²) in [6, 6.07) is 25.6. The number of allylic oxidation sites excluding steroid dienone is 2. The third-order valence-electron chi connectivity index (χ3n) is 4.63. The van der Waals surface area contributed by atoms with Crippen LogP contribution in [-0.2, 0) is 24.9 Å². The summed E-state index contributed by atoms with van der Waals surface area (Å²) in [6.07, 6.45) is 1.17. The normalized spacial score (nSPS) is 11.0. The number of aliphatic hydroxyl groups is 1. The molecule has 0 spiro atoms. The van der Waals surface area contributed by atoms with E-state index in [1.807, 2.05) is 42.5 Å². The van der Waals surface area contributed by atoms with Gasteiger partial charge in [-0.05, 0) is 37.1 Å². The minimum atomic E-state index is -0.125. The van der Waals surface area contributed by atoms with Crippen molar-refractivity contribution in [2.45, 2.75) is 33.6 Å². The maximum absolute atomic E-state index is 10.0. The number of rotatable bonds is 4. The monoisotopic (exact) mass is 605 g/mol. The van der Waals surface area contributed by atoms with Gasteiger partial charge in [-0.25, -0.2) is 0 Å². The zero-order valence-electron chi connectivity index (χ0n) is 18.5. The first-order valence-electron chi connectivity index (χ1n) is 10.2. The number of benzene rings is 2. The van der Waals surface area contributed by atoms with E-state index in [-0.39, 0.29) is 31.6 Å². The van der Waals surface area contributed by atoms with Crippen LogP contribution in [0.1, 0.15) is 39.2 Å². The first kappa shape index (κ1) is 25.3.